The van der Waals surface area contributed by atoms with Crippen LogP contribution in [0.2, 0.25) is 0 Å². The molecule has 20 heavy (non-hydrogen) atoms. The predicted octanol–water partition coefficient (Wildman–Crippen LogP) is 3.49. The standard InChI is InChI=1S/C17H25NO2/c1-4-17(2)9-11-18(12-10-17)13-14-7-5-6-8-15(14)16(19)20-3/h5-8H,4,9-13H2,1-3H3. The van der Waals surface area contributed by atoms with Crippen LogP contribution >= 0.6 is 0 Å². The van der Waals surface area contributed by atoms with Crippen LogP contribution in [-0.4, -0.2) is 31.1 Å². The maximum Gasteiger partial charge on any atom is 0.338 e. The molecule has 0 bridgehead atoms. The van der Waals surface area contributed by atoms with Crippen molar-refractivity contribution in [3.63, 3.8) is 0 Å². The van der Waals surface area contributed by atoms with Crippen LogP contribution in [0.1, 0.15) is 49.0 Å². The van der Waals surface area contributed by atoms with E-state index < -0.39 is 0 Å². The van der Waals surface area contributed by atoms with Crippen LogP contribution < -0.4 is 0 Å². The highest BCUT2D eigenvalue weighted by atomic mass is 16.5. The Labute approximate surface area is 121 Å². The summed E-state index contributed by atoms with van der Waals surface area (Å²) in [5.74, 6) is -0.240. The third-order valence-electron chi connectivity index (χ3n) is 4.73. The van der Waals surface area contributed by atoms with E-state index in [0.717, 1.165) is 25.2 Å². The number of benzene rings is 1. The van der Waals surface area contributed by atoms with E-state index >= 15 is 0 Å². The van der Waals surface area contributed by atoms with Gasteiger partial charge in [0.1, 0.15) is 0 Å². The van der Waals surface area contributed by atoms with Gasteiger partial charge in [0, 0.05) is 6.54 Å². The van der Waals surface area contributed by atoms with Crippen LogP contribution in [0, 0.1) is 5.41 Å². The number of nitrogens with zero attached hydrogens (tertiary/aromatic N) is 1. The number of methoxy groups -OCH3 is 1. The van der Waals surface area contributed by atoms with Crippen LogP contribution in [0.3, 0.4) is 0 Å². The monoisotopic (exact) mass is 275 g/mol. The lowest BCUT2D eigenvalue weighted by molar-refractivity contribution is 0.0596. The lowest BCUT2D eigenvalue weighted by Gasteiger charge is -2.39. The van der Waals surface area contributed by atoms with E-state index in [2.05, 4.69) is 18.7 Å². The maximum atomic E-state index is 11.8. The van der Waals surface area contributed by atoms with Crippen molar-refractivity contribution in [1.29, 1.82) is 0 Å². The summed E-state index contributed by atoms with van der Waals surface area (Å²) >= 11 is 0. The third kappa shape index (κ3) is 3.40. The summed E-state index contributed by atoms with van der Waals surface area (Å²) < 4.78 is 4.86. The molecule has 1 aliphatic heterocycles. The topological polar surface area (TPSA) is 29.5 Å². The Morgan fingerprint density at radius 2 is 1.95 bits per heavy atom. The smallest absolute Gasteiger partial charge is 0.338 e. The van der Waals surface area contributed by atoms with Gasteiger partial charge in [-0.25, -0.2) is 4.79 Å². The molecular formula is C17H25NO2. The molecule has 0 saturated carbocycles. The van der Waals surface area contributed by atoms with E-state index in [1.165, 1.54) is 26.4 Å². The number of likely N-dealkylation sites (tertiary alicyclic amines) is 1. The first-order chi connectivity index (χ1) is 9.58. The largest absolute Gasteiger partial charge is 0.465 e. The number of rotatable bonds is 4. The first kappa shape index (κ1) is 15.0. The van der Waals surface area contributed by atoms with Crippen molar-refractivity contribution >= 4 is 5.97 Å². The predicted molar refractivity (Wildman–Crippen MR) is 80.7 cm³/mol. The second kappa shape index (κ2) is 6.40. The van der Waals surface area contributed by atoms with E-state index in [0.29, 0.717) is 11.0 Å². The average molecular weight is 275 g/mol. The zero-order valence-electron chi connectivity index (χ0n) is 12.8. The fourth-order valence-corrected chi connectivity index (χ4v) is 2.81. The molecule has 1 heterocycles. The molecule has 1 aliphatic rings. The highest BCUT2D eigenvalue weighted by Crippen LogP contribution is 2.34. The van der Waals surface area contributed by atoms with Gasteiger partial charge >= 0.3 is 5.97 Å². The van der Waals surface area contributed by atoms with Crippen LogP contribution in [0.4, 0.5) is 0 Å². The Kier molecular flexibility index (Phi) is 4.81. The van der Waals surface area contributed by atoms with E-state index in [9.17, 15) is 4.79 Å². The van der Waals surface area contributed by atoms with Gasteiger partial charge < -0.3 is 4.74 Å². The number of carbonyl (C=O) groups excluding carboxylic acids is 1. The molecule has 1 aromatic carbocycles. The molecule has 0 aliphatic carbocycles. The minimum Gasteiger partial charge on any atom is -0.465 e. The Balaban J connectivity index is 2.03. The van der Waals surface area contributed by atoms with Crippen molar-refractivity contribution in [2.75, 3.05) is 20.2 Å². The molecule has 0 unspecified atom stereocenters. The molecule has 3 heteroatoms. The van der Waals surface area contributed by atoms with Crippen molar-refractivity contribution in [3.05, 3.63) is 35.4 Å². The summed E-state index contributed by atoms with van der Waals surface area (Å²) in [5.41, 5.74) is 2.26. The molecule has 110 valence electrons. The molecular weight excluding hydrogens is 250 g/mol. The zero-order chi connectivity index (χ0) is 14.6. The van der Waals surface area contributed by atoms with Gasteiger partial charge in [0.15, 0.2) is 0 Å². The summed E-state index contributed by atoms with van der Waals surface area (Å²) in [6, 6.07) is 7.75. The molecule has 0 spiro atoms. The van der Waals surface area contributed by atoms with Gasteiger partial charge in [-0.1, -0.05) is 38.5 Å². The van der Waals surface area contributed by atoms with Gasteiger partial charge in [-0.2, -0.15) is 0 Å². The zero-order valence-corrected chi connectivity index (χ0v) is 12.8. The lowest BCUT2D eigenvalue weighted by Crippen LogP contribution is -2.38. The van der Waals surface area contributed by atoms with Crippen molar-refractivity contribution in [1.82, 2.24) is 4.90 Å². The minimum absolute atomic E-state index is 0.240. The highest BCUT2D eigenvalue weighted by molar-refractivity contribution is 5.90. The molecule has 0 radical (unpaired) electrons. The number of carbonyl (C=O) groups is 1. The van der Waals surface area contributed by atoms with Crippen LogP contribution in [0.25, 0.3) is 0 Å². The average Bonchev–Trinajstić information content (AvgIpc) is 2.49. The maximum absolute atomic E-state index is 11.8. The molecule has 1 saturated heterocycles. The second-order valence-corrected chi connectivity index (χ2v) is 6.09. The number of hydrogen-bond donors (Lipinski definition) is 0. The molecule has 0 amide bonds. The fourth-order valence-electron chi connectivity index (χ4n) is 2.81. The summed E-state index contributed by atoms with van der Waals surface area (Å²) in [6.45, 7) is 7.72. The van der Waals surface area contributed by atoms with Gasteiger partial charge in [-0.15, -0.1) is 0 Å². The third-order valence-corrected chi connectivity index (χ3v) is 4.73. The first-order valence-electron chi connectivity index (χ1n) is 7.46. The van der Waals surface area contributed by atoms with Crippen LogP contribution in [-0.2, 0) is 11.3 Å². The van der Waals surface area contributed by atoms with Crippen LogP contribution in [0.5, 0.6) is 0 Å². The molecule has 0 N–H and O–H groups in total. The Bertz CT molecular complexity index is 462. The molecule has 1 aromatic rings. The van der Waals surface area contributed by atoms with Crippen LogP contribution in [0.15, 0.2) is 24.3 Å². The normalized spacial score (nSPS) is 18.8. The first-order valence-corrected chi connectivity index (χ1v) is 7.46. The van der Waals surface area contributed by atoms with Gasteiger partial charge in [0.25, 0.3) is 0 Å². The van der Waals surface area contributed by atoms with Gasteiger partial charge in [0.2, 0.25) is 0 Å². The van der Waals surface area contributed by atoms with E-state index in [4.69, 9.17) is 4.74 Å². The Morgan fingerprint density at radius 1 is 1.30 bits per heavy atom. The van der Waals surface area contributed by atoms with Gasteiger partial charge in [0.05, 0.1) is 12.7 Å². The summed E-state index contributed by atoms with van der Waals surface area (Å²) in [5, 5.41) is 0. The summed E-state index contributed by atoms with van der Waals surface area (Å²) in [6.07, 6.45) is 3.73. The van der Waals surface area contributed by atoms with Crippen molar-refractivity contribution in [2.45, 2.75) is 39.7 Å². The number of esters is 1. The van der Waals surface area contributed by atoms with E-state index in [1.807, 2.05) is 24.3 Å². The van der Waals surface area contributed by atoms with E-state index in [-0.39, 0.29) is 5.97 Å². The molecule has 0 atom stereocenters. The lowest BCUT2D eigenvalue weighted by atomic mass is 9.78. The quantitative estimate of drug-likeness (QED) is 0.788. The second-order valence-electron chi connectivity index (χ2n) is 6.09. The number of piperidine rings is 1. The van der Waals surface area contributed by atoms with Gasteiger partial charge in [-0.05, 0) is 43.0 Å². The molecule has 1 fully saturated rings. The fraction of sp³-hybridized carbons (Fsp3) is 0.588. The molecule has 2 rings (SSSR count). The number of ether oxygens (including phenoxy) is 1. The number of hydrogen-bond acceptors (Lipinski definition) is 3. The van der Waals surface area contributed by atoms with Crippen molar-refractivity contribution in [3.8, 4) is 0 Å². The van der Waals surface area contributed by atoms with Crippen molar-refractivity contribution < 1.29 is 9.53 Å². The Morgan fingerprint density at radius 3 is 2.55 bits per heavy atom. The van der Waals surface area contributed by atoms with Crippen molar-refractivity contribution in [2.24, 2.45) is 5.41 Å². The summed E-state index contributed by atoms with van der Waals surface area (Å²) in [7, 11) is 1.44. The van der Waals surface area contributed by atoms with E-state index in [1.54, 1.807) is 0 Å². The SMILES string of the molecule is CCC1(C)CCN(Cc2ccccc2C(=O)OC)CC1. The van der Waals surface area contributed by atoms with Gasteiger partial charge in [-0.3, -0.25) is 4.90 Å². The Hall–Kier alpha value is -1.35. The highest BCUT2D eigenvalue weighted by Gasteiger charge is 2.28. The minimum atomic E-state index is -0.240. The summed E-state index contributed by atoms with van der Waals surface area (Å²) in [4.78, 5) is 14.2. The molecule has 0 aromatic heterocycles. The molecule has 3 nitrogen and oxygen atoms in total.